The minimum Gasteiger partial charge on any atom is -0.485 e. The van der Waals surface area contributed by atoms with Crippen molar-refractivity contribution >= 4 is 23.6 Å². The second-order valence-corrected chi connectivity index (χ2v) is 5.65. The first-order chi connectivity index (χ1) is 12.0. The zero-order valence-electron chi connectivity index (χ0n) is 13.6. The van der Waals surface area contributed by atoms with Crippen LogP contribution in [0, 0.1) is 0 Å². The Balaban J connectivity index is 1.68. The Morgan fingerprint density at radius 3 is 2.56 bits per heavy atom. The van der Waals surface area contributed by atoms with Gasteiger partial charge in [0.05, 0.1) is 5.56 Å². The molecule has 2 aromatic carbocycles. The quantitative estimate of drug-likeness (QED) is 0.835. The van der Waals surface area contributed by atoms with Crippen molar-refractivity contribution in [2.45, 2.75) is 13.0 Å². The highest BCUT2D eigenvalue weighted by molar-refractivity contribution is 6.00. The lowest BCUT2D eigenvalue weighted by Gasteiger charge is -2.22. The molecule has 0 fully saturated rings. The fraction of sp³-hybridized carbons (Fsp3) is 0.100. The lowest BCUT2D eigenvalue weighted by Crippen LogP contribution is -2.18. The average molecular weight is 335 g/mol. The van der Waals surface area contributed by atoms with Crippen LogP contribution in [0.5, 0.6) is 5.75 Å². The number of carboxylic acids is 1. The van der Waals surface area contributed by atoms with Gasteiger partial charge in [-0.25, -0.2) is 4.79 Å². The smallest absolute Gasteiger partial charge is 0.335 e. The van der Waals surface area contributed by atoms with Gasteiger partial charge in [0, 0.05) is 17.3 Å². The minimum atomic E-state index is -1.00. The lowest BCUT2D eigenvalue weighted by atomic mass is 10.0. The van der Waals surface area contributed by atoms with E-state index in [1.54, 1.807) is 18.2 Å². The van der Waals surface area contributed by atoms with Gasteiger partial charge in [-0.15, -0.1) is 0 Å². The zero-order valence-corrected chi connectivity index (χ0v) is 13.6. The average Bonchev–Trinajstić information content (AvgIpc) is 2.60. The number of benzene rings is 2. The summed E-state index contributed by atoms with van der Waals surface area (Å²) in [4.78, 5) is 22.9. The van der Waals surface area contributed by atoms with Gasteiger partial charge in [0.2, 0.25) is 5.91 Å². The number of rotatable bonds is 4. The van der Waals surface area contributed by atoms with Gasteiger partial charge in [0.15, 0.2) is 0 Å². The number of para-hydroxylation sites is 1. The van der Waals surface area contributed by atoms with Crippen LogP contribution in [0.25, 0.3) is 6.08 Å². The maximum Gasteiger partial charge on any atom is 0.335 e. The van der Waals surface area contributed by atoms with E-state index in [2.05, 4.69) is 5.32 Å². The summed E-state index contributed by atoms with van der Waals surface area (Å²) in [6, 6.07) is 13.7. The van der Waals surface area contributed by atoms with Crippen molar-refractivity contribution in [1.82, 2.24) is 0 Å². The van der Waals surface area contributed by atoms with Gasteiger partial charge in [-0.1, -0.05) is 18.2 Å². The molecule has 25 heavy (non-hydrogen) atoms. The van der Waals surface area contributed by atoms with Crippen molar-refractivity contribution in [2.24, 2.45) is 0 Å². The Bertz CT molecular complexity index is 866. The molecule has 0 saturated heterocycles. The molecule has 126 valence electrons. The Kier molecular flexibility index (Phi) is 4.66. The summed E-state index contributed by atoms with van der Waals surface area (Å²) < 4.78 is 5.82. The maximum absolute atomic E-state index is 12.0. The molecular formula is C20H17NO4. The molecule has 0 aromatic heterocycles. The van der Waals surface area contributed by atoms with Crippen LogP contribution in [0.15, 0.2) is 66.3 Å². The number of amides is 1. The molecule has 1 heterocycles. The fourth-order valence-corrected chi connectivity index (χ4v) is 2.50. The Morgan fingerprint density at radius 1 is 1.12 bits per heavy atom. The van der Waals surface area contributed by atoms with Crippen LogP contribution in [0.3, 0.4) is 0 Å². The topological polar surface area (TPSA) is 75.6 Å². The molecule has 1 aliphatic rings. The third-order valence-corrected chi connectivity index (χ3v) is 3.84. The van der Waals surface area contributed by atoms with Crippen LogP contribution in [0.4, 0.5) is 5.69 Å². The number of aromatic carboxylic acids is 1. The third kappa shape index (κ3) is 3.95. The number of carbonyl (C=O) groups excluding carboxylic acids is 1. The number of anilines is 1. The van der Waals surface area contributed by atoms with Crippen molar-refractivity contribution in [3.05, 3.63) is 77.4 Å². The molecule has 1 atom stereocenters. The van der Waals surface area contributed by atoms with E-state index in [1.165, 1.54) is 18.2 Å². The van der Waals surface area contributed by atoms with E-state index < -0.39 is 5.97 Å². The second-order valence-electron chi connectivity index (χ2n) is 5.65. The molecule has 0 radical (unpaired) electrons. The van der Waals surface area contributed by atoms with E-state index in [0.29, 0.717) is 5.69 Å². The number of carbonyl (C=O) groups is 2. The van der Waals surface area contributed by atoms with E-state index in [9.17, 15) is 9.59 Å². The Labute approximate surface area is 145 Å². The minimum absolute atomic E-state index is 0.145. The molecule has 0 spiro atoms. The third-order valence-electron chi connectivity index (χ3n) is 3.84. The number of hydrogen-bond acceptors (Lipinski definition) is 3. The molecule has 2 aromatic rings. The van der Waals surface area contributed by atoms with Crippen LogP contribution >= 0.6 is 0 Å². The molecule has 5 heteroatoms. The van der Waals surface area contributed by atoms with Crippen molar-refractivity contribution in [3.63, 3.8) is 0 Å². The summed E-state index contributed by atoms with van der Waals surface area (Å²) in [5, 5.41) is 11.6. The maximum atomic E-state index is 12.0. The summed E-state index contributed by atoms with van der Waals surface area (Å²) in [7, 11) is 0. The van der Waals surface area contributed by atoms with Gasteiger partial charge in [-0.05, 0) is 55.0 Å². The standard InChI is InChI=1S/C20H17NO4/c1-13-15(12-16-4-2-3-5-18(16)25-13)8-11-19(22)21-17-9-6-14(7-10-17)20(23)24/h2-13H,1H3,(H,21,22)(H,23,24)/b11-8+. The predicted molar refractivity (Wildman–Crippen MR) is 95.7 cm³/mol. The van der Waals surface area contributed by atoms with Crippen LogP contribution in [0.1, 0.15) is 22.8 Å². The van der Waals surface area contributed by atoms with Crippen molar-refractivity contribution in [3.8, 4) is 5.75 Å². The first-order valence-electron chi connectivity index (χ1n) is 7.82. The molecule has 0 bridgehead atoms. The molecular weight excluding hydrogens is 318 g/mol. The van der Waals surface area contributed by atoms with E-state index in [0.717, 1.165) is 16.9 Å². The van der Waals surface area contributed by atoms with Gasteiger partial charge in [0.25, 0.3) is 0 Å². The number of ether oxygens (including phenoxy) is 1. The van der Waals surface area contributed by atoms with E-state index >= 15 is 0 Å². The monoisotopic (exact) mass is 335 g/mol. The highest BCUT2D eigenvalue weighted by atomic mass is 16.5. The van der Waals surface area contributed by atoms with Gasteiger partial charge in [-0.3, -0.25) is 4.79 Å². The number of nitrogens with one attached hydrogen (secondary N) is 1. The van der Waals surface area contributed by atoms with Crippen molar-refractivity contribution in [1.29, 1.82) is 0 Å². The molecule has 1 aliphatic heterocycles. The van der Waals surface area contributed by atoms with Gasteiger partial charge >= 0.3 is 5.97 Å². The normalized spacial score (nSPS) is 15.9. The predicted octanol–water partition coefficient (Wildman–Crippen LogP) is 3.74. The van der Waals surface area contributed by atoms with E-state index in [-0.39, 0.29) is 17.6 Å². The van der Waals surface area contributed by atoms with Gasteiger partial charge in [-0.2, -0.15) is 0 Å². The van der Waals surface area contributed by atoms with E-state index in [4.69, 9.17) is 9.84 Å². The lowest BCUT2D eigenvalue weighted by molar-refractivity contribution is -0.111. The highest BCUT2D eigenvalue weighted by Crippen LogP contribution is 2.29. The first kappa shape index (κ1) is 16.5. The summed E-state index contributed by atoms with van der Waals surface area (Å²) in [6.45, 7) is 1.93. The van der Waals surface area contributed by atoms with Gasteiger partial charge in [0.1, 0.15) is 11.9 Å². The van der Waals surface area contributed by atoms with Crippen LogP contribution < -0.4 is 10.1 Å². The van der Waals surface area contributed by atoms with E-state index in [1.807, 2.05) is 37.3 Å². The van der Waals surface area contributed by atoms with Crippen molar-refractivity contribution in [2.75, 3.05) is 5.32 Å². The van der Waals surface area contributed by atoms with Crippen LogP contribution in [-0.4, -0.2) is 23.1 Å². The van der Waals surface area contributed by atoms with Crippen LogP contribution in [-0.2, 0) is 4.79 Å². The fourth-order valence-electron chi connectivity index (χ4n) is 2.50. The number of hydrogen-bond donors (Lipinski definition) is 2. The molecule has 3 rings (SSSR count). The van der Waals surface area contributed by atoms with Crippen molar-refractivity contribution < 1.29 is 19.4 Å². The Hall–Kier alpha value is -3.34. The molecule has 0 saturated carbocycles. The Morgan fingerprint density at radius 2 is 1.84 bits per heavy atom. The summed E-state index contributed by atoms with van der Waals surface area (Å²) in [5.41, 5.74) is 2.58. The summed E-state index contributed by atoms with van der Waals surface area (Å²) in [6.07, 6.45) is 5.01. The molecule has 1 unspecified atom stereocenters. The molecule has 5 nitrogen and oxygen atoms in total. The largest absolute Gasteiger partial charge is 0.485 e. The molecule has 1 amide bonds. The zero-order chi connectivity index (χ0) is 17.8. The summed E-state index contributed by atoms with van der Waals surface area (Å²) >= 11 is 0. The summed E-state index contributed by atoms with van der Waals surface area (Å²) in [5.74, 6) is -0.471. The highest BCUT2D eigenvalue weighted by Gasteiger charge is 2.16. The number of fused-ring (bicyclic) bond motifs is 1. The molecule has 2 N–H and O–H groups in total. The number of carboxylic acid groups (broad SMARTS) is 1. The molecule has 0 aliphatic carbocycles. The second kappa shape index (κ2) is 7.05. The SMILES string of the molecule is CC1Oc2ccccc2C=C1/C=C/C(=O)Nc1ccc(C(=O)O)cc1. The van der Waals surface area contributed by atoms with Gasteiger partial charge < -0.3 is 15.2 Å². The van der Waals surface area contributed by atoms with Crippen LogP contribution in [0.2, 0.25) is 0 Å². The first-order valence-corrected chi connectivity index (χ1v) is 7.82.